The van der Waals surface area contributed by atoms with Gasteiger partial charge in [0, 0.05) is 12.1 Å². The summed E-state index contributed by atoms with van der Waals surface area (Å²) in [5.74, 6) is -2.12. The molecule has 0 aliphatic heterocycles. The lowest BCUT2D eigenvalue weighted by Crippen LogP contribution is -2.46. The van der Waals surface area contributed by atoms with Crippen molar-refractivity contribution in [3.8, 4) is 0 Å². The van der Waals surface area contributed by atoms with Gasteiger partial charge in [-0.1, -0.05) is 11.6 Å². The summed E-state index contributed by atoms with van der Waals surface area (Å²) in [5.41, 5.74) is 0.0878. The largest absolute Gasteiger partial charge is 0.480 e. The number of benzene rings is 1. The average Bonchev–Trinajstić information content (AvgIpc) is 2.65. The number of aliphatic carboxylic acids is 1. The fraction of sp³-hybridized carbons (Fsp3) is 0.500. The number of carboxylic acid groups (broad SMARTS) is 1. The van der Waals surface area contributed by atoms with Crippen LogP contribution in [0.1, 0.15) is 43.5 Å². The highest BCUT2D eigenvalue weighted by Crippen LogP contribution is 2.21. The number of ether oxygens (including phenoxy) is 1. The van der Waals surface area contributed by atoms with E-state index in [-0.39, 0.29) is 28.6 Å². The van der Waals surface area contributed by atoms with E-state index in [1.54, 1.807) is 6.92 Å². The van der Waals surface area contributed by atoms with E-state index in [1.165, 1.54) is 19.1 Å². The van der Waals surface area contributed by atoms with E-state index in [2.05, 4.69) is 10.6 Å². The minimum atomic E-state index is -4.06. The number of carboxylic acids is 1. The van der Waals surface area contributed by atoms with Crippen molar-refractivity contribution in [1.82, 2.24) is 10.6 Å². The summed E-state index contributed by atoms with van der Waals surface area (Å²) in [7, 11) is -4.06. The Labute approximate surface area is 180 Å². The van der Waals surface area contributed by atoms with Crippen LogP contribution in [0.2, 0.25) is 5.02 Å². The molecule has 1 rings (SSSR count). The normalized spacial score (nSPS) is 13.3. The Hall–Kier alpha value is -2.21. The number of nitrogens with one attached hydrogen (secondary N) is 2. The van der Waals surface area contributed by atoms with Crippen molar-refractivity contribution in [3.05, 3.63) is 28.8 Å². The van der Waals surface area contributed by atoms with Gasteiger partial charge in [-0.3, -0.25) is 19.7 Å². The molecule has 0 aliphatic rings. The van der Waals surface area contributed by atoms with Gasteiger partial charge >= 0.3 is 11.9 Å². The number of carbonyl (C=O) groups is 3. The zero-order valence-electron chi connectivity index (χ0n) is 16.7. The molecule has 12 heteroatoms. The number of esters is 1. The minimum Gasteiger partial charge on any atom is -0.480 e. The van der Waals surface area contributed by atoms with E-state index in [9.17, 15) is 22.8 Å². The van der Waals surface area contributed by atoms with Crippen molar-refractivity contribution in [1.29, 1.82) is 0 Å². The Morgan fingerprint density at radius 2 is 1.93 bits per heavy atom. The van der Waals surface area contributed by atoms with Gasteiger partial charge in [0.05, 0.1) is 11.6 Å². The smallest absolute Gasteiger partial charge is 0.323 e. The van der Waals surface area contributed by atoms with Crippen LogP contribution in [0.15, 0.2) is 23.1 Å². The zero-order valence-corrected chi connectivity index (χ0v) is 18.3. The topological polar surface area (TPSA) is 165 Å². The minimum absolute atomic E-state index is 0.0813. The van der Waals surface area contributed by atoms with Gasteiger partial charge in [0.1, 0.15) is 17.0 Å². The number of carbonyl (C=O) groups excluding carboxylic acids is 2. The van der Waals surface area contributed by atoms with E-state index in [0.717, 1.165) is 6.07 Å². The predicted octanol–water partition coefficient (Wildman–Crippen LogP) is 0.882. The highest BCUT2D eigenvalue weighted by Gasteiger charge is 2.24. The van der Waals surface area contributed by atoms with E-state index in [0.29, 0.717) is 19.3 Å². The number of sulfonamides is 1. The van der Waals surface area contributed by atoms with Gasteiger partial charge in [-0.15, -0.1) is 0 Å². The highest BCUT2D eigenvalue weighted by atomic mass is 35.5. The maximum Gasteiger partial charge on any atom is 0.323 e. The number of hydrogen-bond acceptors (Lipinski definition) is 7. The van der Waals surface area contributed by atoms with Crippen LogP contribution < -0.4 is 15.8 Å². The van der Waals surface area contributed by atoms with Crippen LogP contribution in [0, 0.1) is 0 Å². The summed E-state index contributed by atoms with van der Waals surface area (Å²) in [6.07, 6.45) is 1.33. The fourth-order valence-electron chi connectivity index (χ4n) is 2.53. The molecule has 5 N–H and O–H groups in total. The molecule has 2 atom stereocenters. The second-order valence-electron chi connectivity index (χ2n) is 6.47. The summed E-state index contributed by atoms with van der Waals surface area (Å²) < 4.78 is 27.9. The SMILES string of the molecule is CCOC(=O)C(CCCCNC(=O)c1ccc(Cl)c(S(N)(=O)=O)c1)N[C@@H](C)C(=O)O. The number of unbranched alkanes of at least 4 members (excludes halogenated alkanes) is 1. The lowest BCUT2D eigenvalue weighted by atomic mass is 10.1. The predicted molar refractivity (Wildman–Crippen MR) is 110 cm³/mol. The summed E-state index contributed by atoms with van der Waals surface area (Å²) >= 11 is 5.79. The van der Waals surface area contributed by atoms with Gasteiger partial charge in [-0.25, -0.2) is 13.6 Å². The Bertz CT molecular complexity index is 877. The van der Waals surface area contributed by atoms with E-state index >= 15 is 0 Å². The number of amides is 1. The van der Waals surface area contributed by atoms with Crippen LogP contribution in [0.25, 0.3) is 0 Å². The maximum atomic E-state index is 12.2. The van der Waals surface area contributed by atoms with Crippen molar-refractivity contribution >= 4 is 39.5 Å². The van der Waals surface area contributed by atoms with Crippen LogP contribution in [0.5, 0.6) is 0 Å². The first-order chi connectivity index (χ1) is 14.0. The fourth-order valence-corrected chi connectivity index (χ4v) is 3.60. The molecule has 1 aromatic carbocycles. The third-order valence-corrected chi connectivity index (χ3v) is 5.49. The molecule has 1 amide bonds. The molecular weight excluding hydrogens is 438 g/mol. The van der Waals surface area contributed by atoms with Gasteiger partial charge in [-0.05, 0) is 51.3 Å². The van der Waals surface area contributed by atoms with Crippen molar-refractivity contribution < 1.29 is 32.6 Å². The molecule has 0 saturated carbocycles. The van der Waals surface area contributed by atoms with Crippen molar-refractivity contribution in [2.24, 2.45) is 5.14 Å². The van der Waals surface area contributed by atoms with Crippen molar-refractivity contribution in [2.45, 2.75) is 50.1 Å². The summed E-state index contributed by atoms with van der Waals surface area (Å²) in [6, 6.07) is 2.05. The Morgan fingerprint density at radius 3 is 2.50 bits per heavy atom. The first-order valence-corrected chi connectivity index (χ1v) is 11.2. The van der Waals surface area contributed by atoms with Gasteiger partial charge in [0.15, 0.2) is 0 Å². The van der Waals surface area contributed by atoms with Gasteiger partial charge in [0.25, 0.3) is 5.91 Å². The highest BCUT2D eigenvalue weighted by molar-refractivity contribution is 7.89. The molecule has 0 aromatic heterocycles. The first kappa shape index (κ1) is 25.8. The van der Waals surface area contributed by atoms with Crippen molar-refractivity contribution in [2.75, 3.05) is 13.2 Å². The van der Waals surface area contributed by atoms with Crippen LogP contribution >= 0.6 is 11.6 Å². The number of hydrogen-bond donors (Lipinski definition) is 4. The second-order valence-corrected chi connectivity index (χ2v) is 8.41. The quantitative estimate of drug-likeness (QED) is 0.262. The standard InChI is InChI=1S/C18H26ClN3O7S/c1-3-29-18(26)14(22-11(2)17(24)25)6-4-5-9-21-16(23)12-7-8-13(19)15(10-12)30(20,27)28/h7-8,10-11,14,22H,3-6,9H2,1-2H3,(H,21,23)(H,24,25)(H2,20,27,28)/t11-,14?/m0/s1. The molecule has 0 bridgehead atoms. The average molecular weight is 464 g/mol. The molecular formula is C18H26ClN3O7S. The Morgan fingerprint density at radius 1 is 1.27 bits per heavy atom. The number of halogens is 1. The molecule has 10 nitrogen and oxygen atoms in total. The summed E-state index contributed by atoms with van der Waals surface area (Å²) in [5, 5.41) is 19.3. The number of primary sulfonamides is 1. The van der Waals surface area contributed by atoms with Crippen LogP contribution in [0.3, 0.4) is 0 Å². The van der Waals surface area contributed by atoms with Crippen LogP contribution in [-0.2, 0) is 24.3 Å². The molecule has 0 spiro atoms. The molecule has 168 valence electrons. The molecule has 0 aliphatic carbocycles. The van der Waals surface area contributed by atoms with Gasteiger partial charge in [-0.2, -0.15) is 0 Å². The lowest BCUT2D eigenvalue weighted by molar-refractivity contribution is -0.147. The molecule has 0 radical (unpaired) electrons. The van der Waals surface area contributed by atoms with E-state index in [1.807, 2.05) is 0 Å². The second kappa shape index (κ2) is 11.8. The van der Waals surface area contributed by atoms with Crippen LogP contribution in [0.4, 0.5) is 0 Å². The van der Waals surface area contributed by atoms with Gasteiger partial charge < -0.3 is 15.2 Å². The molecule has 0 fully saturated rings. The zero-order chi connectivity index (χ0) is 22.9. The monoisotopic (exact) mass is 463 g/mol. The lowest BCUT2D eigenvalue weighted by Gasteiger charge is -2.19. The first-order valence-electron chi connectivity index (χ1n) is 9.23. The Kier molecular flexibility index (Phi) is 10.2. The van der Waals surface area contributed by atoms with Crippen molar-refractivity contribution in [3.63, 3.8) is 0 Å². The maximum absolute atomic E-state index is 12.2. The molecule has 1 aromatic rings. The van der Waals surface area contributed by atoms with E-state index < -0.39 is 40.0 Å². The summed E-state index contributed by atoms with van der Waals surface area (Å²) in [6.45, 7) is 3.52. The summed E-state index contributed by atoms with van der Waals surface area (Å²) in [4.78, 5) is 34.8. The molecule has 0 saturated heterocycles. The third-order valence-electron chi connectivity index (χ3n) is 4.10. The number of rotatable bonds is 12. The van der Waals surface area contributed by atoms with E-state index in [4.69, 9.17) is 26.6 Å². The number of nitrogens with two attached hydrogens (primary N) is 1. The van der Waals surface area contributed by atoms with Gasteiger partial charge in [0.2, 0.25) is 10.0 Å². The molecule has 1 unspecified atom stereocenters. The van der Waals surface area contributed by atoms with Crippen LogP contribution in [-0.4, -0.2) is 56.6 Å². The molecule has 30 heavy (non-hydrogen) atoms. The Balaban J connectivity index is 2.57. The third kappa shape index (κ3) is 8.27. The molecule has 0 heterocycles.